The molecule has 0 atom stereocenters. The van der Waals surface area contributed by atoms with Crippen LogP contribution in [0.5, 0.6) is 0 Å². The maximum atomic E-state index is 12.9. The van der Waals surface area contributed by atoms with Gasteiger partial charge in [-0.2, -0.15) is 0 Å². The predicted octanol–water partition coefficient (Wildman–Crippen LogP) is 6.85. The average Bonchev–Trinajstić information content (AvgIpc) is 3.07. The summed E-state index contributed by atoms with van der Waals surface area (Å²) in [6.07, 6.45) is -0.550. The third-order valence-electron chi connectivity index (χ3n) is 5.76. The molecule has 1 N–H and O–H groups in total. The van der Waals surface area contributed by atoms with Crippen molar-refractivity contribution >= 4 is 45.3 Å². The lowest BCUT2D eigenvalue weighted by Crippen LogP contribution is -2.33. The van der Waals surface area contributed by atoms with E-state index in [4.69, 9.17) is 21.1 Å². The van der Waals surface area contributed by atoms with E-state index in [0.717, 1.165) is 32.8 Å². The monoisotopic (exact) mass is 492 g/mol. The van der Waals surface area contributed by atoms with Crippen molar-refractivity contribution in [2.24, 2.45) is 7.05 Å². The molecule has 0 radical (unpaired) electrons. The molecule has 0 aliphatic heterocycles. The van der Waals surface area contributed by atoms with Crippen molar-refractivity contribution in [3.8, 4) is 11.1 Å². The first-order valence-corrected chi connectivity index (χ1v) is 11.9. The van der Waals surface area contributed by atoms with Crippen LogP contribution in [0.25, 0.3) is 32.8 Å². The topological polar surface area (TPSA) is 69.6 Å². The van der Waals surface area contributed by atoms with Crippen LogP contribution in [-0.4, -0.2) is 28.8 Å². The van der Waals surface area contributed by atoms with Gasteiger partial charge in [-0.05, 0) is 67.8 Å². The zero-order chi connectivity index (χ0) is 25.3. The van der Waals surface area contributed by atoms with Crippen molar-refractivity contribution in [1.29, 1.82) is 0 Å². The van der Waals surface area contributed by atoms with E-state index in [9.17, 15) is 9.59 Å². The van der Waals surface area contributed by atoms with E-state index in [-0.39, 0.29) is 13.2 Å². The van der Waals surface area contributed by atoms with Gasteiger partial charge in [0.25, 0.3) is 0 Å². The summed E-state index contributed by atoms with van der Waals surface area (Å²) in [7, 11) is 1.88. The SMILES string of the molecule is CCOC(=O)c1c(CNC(=O)OC(C)(C)C)n(C)c2cc(-c3cccc4ccc(Cl)cc34)ccc12. The van der Waals surface area contributed by atoms with Crippen LogP contribution < -0.4 is 5.32 Å². The van der Waals surface area contributed by atoms with E-state index in [0.29, 0.717) is 16.3 Å². The van der Waals surface area contributed by atoms with Crippen molar-refractivity contribution in [1.82, 2.24) is 9.88 Å². The van der Waals surface area contributed by atoms with Gasteiger partial charge in [-0.3, -0.25) is 0 Å². The number of carbonyl (C=O) groups excluding carboxylic acids is 2. The van der Waals surface area contributed by atoms with Gasteiger partial charge < -0.3 is 19.4 Å². The van der Waals surface area contributed by atoms with Crippen LogP contribution >= 0.6 is 11.6 Å². The second kappa shape index (κ2) is 9.62. The lowest BCUT2D eigenvalue weighted by atomic mass is 9.97. The highest BCUT2D eigenvalue weighted by Crippen LogP contribution is 2.35. The number of esters is 1. The quantitative estimate of drug-likeness (QED) is 0.309. The summed E-state index contributed by atoms with van der Waals surface area (Å²) in [4.78, 5) is 25.2. The van der Waals surface area contributed by atoms with Crippen LogP contribution in [0.1, 0.15) is 43.7 Å². The standard InChI is InChI=1S/C28H29ClN2O4/c1-6-34-26(32)25-21-13-11-18(20-9-7-8-17-10-12-19(29)15-22(17)20)14-23(21)31(5)24(25)16-30-27(33)35-28(2,3)4/h7-15H,6,16H2,1-5H3,(H,30,33). The summed E-state index contributed by atoms with van der Waals surface area (Å²) < 4.78 is 12.6. The number of benzene rings is 3. The largest absolute Gasteiger partial charge is 0.462 e. The Morgan fingerprint density at radius 1 is 1.03 bits per heavy atom. The van der Waals surface area contributed by atoms with Gasteiger partial charge in [0.1, 0.15) is 5.60 Å². The second-order valence-corrected chi connectivity index (χ2v) is 9.80. The van der Waals surface area contributed by atoms with Crippen molar-refractivity contribution in [2.45, 2.75) is 39.8 Å². The molecule has 0 fully saturated rings. The third kappa shape index (κ3) is 5.13. The average molecular weight is 493 g/mol. The number of aromatic nitrogens is 1. The van der Waals surface area contributed by atoms with E-state index in [2.05, 4.69) is 17.4 Å². The van der Waals surface area contributed by atoms with Crippen LogP contribution in [0, 0.1) is 0 Å². The van der Waals surface area contributed by atoms with Crippen molar-refractivity contribution < 1.29 is 19.1 Å². The number of hydrogen-bond donors (Lipinski definition) is 1. The van der Waals surface area contributed by atoms with E-state index in [1.807, 2.05) is 54.1 Å². The van der Waals surface area contributed by atoms with Gasteiger partial charge in [-0.1, -0.05) is 48.0 Å². The smallest absolute Gasteiger partial charge is 0.407 e. The number of amides is 1. The molecule has 7 heteroatoms. The molecule has 0 aliphatic carbocycles. The fourth-order valence-corrected chi connectivity index (χ4v) is 4.43. The van der Waals surface area contributed by atoms with Crippen LogP contribution in [-0.2, 0) is 23.1 Å². The minimum absolute atomic E-state index is 0.119. The number of fused-ring (bicyclic) bond motifs is 2. The Morgan fingerprint density at radius 2 is 1.80 bits per heavy atom. The van der Waals surface area contributed by atoms with Gasteiger partial charge in [-0.25, -0.2) is 9.59 Å². The molecule has 0 spiro atoms. The normalized spacial score (nSPS) is 11.6. The highest BCUT2D eigenvalue weighted by atomic mass is 35.5. The summed E-state index contributed by atoms with van der Waals surface area (Å²) in [6.45, 7) is 7.54. The summed E-state index contributed by atoms with van der Waals surface area (Å²) >= 11 is 6.29. The van der Waals surface area contributed by atoms with Gasteiger partial charge in [0.2, 0.25) is 0 Å². The van der Waals surface area contributed by atoms with Crippen LogP contribution in [0.3, 0.4) is 0 Å². The first-order valence-electron chi connectivity index (χ1n) is 11.5. The van der Waals surface area contributed by atoms with Gasteiger partial charge in [0, 0.05) is 23.0 Å². The second-order valence-electron chi connectivity index (χ2n) is 9.36. The molecule has 4 aromatic rings. The zero-order valence-electron chi connectivity index (χ0n) is 20.6. The number of hydrogen-bond acceptors (Lipinski definition) is 4. The third-order valence-corrected chi connectivity index (χ3v) is 5.99. The van der Waals surface area contributed by atoms with Crippen molar-refractivity contribution in [2.75, 3.05) is 6.61 Å². The van der Waals surface area contributed by atoms with E-state index < -0.39 is 17.7 Å². The molecule has 0 saturated carbocycles. The number of nitrogens with one attached hydrogen (secondary N) is 1. The molecule has 3 aromatic carbocycles. The molecule has 0 saturated heterocycles. The summed E-state index contributed by atoms with van der Waals surface area (Å²) in [5.41, 5.74) is 3.34. The lowest BCUT2D eigenvalue weighted by Gasteiger charge is -2.20. The van der Waals surface area contributed by atoms with Crippen LogP contribution in [0.4, 0.5) is 4.79 Å². The molecule has 0 unspecified atom stereocenters. The number of alkyl carbamates (subject to hydrolysis) is 1. The number of rotatable bonds is 5. The summed E-state index contributed by atoms with van der Waals surface area (Å²) in [6, 6.07) is 17.9. The molecule has 0 bridgehead atoms. The van der Waals surface area contributed by atoms with Crippen molar-refractivity contribution in [3.63, 3.8) is 0 Å². The Morgan fingerprint density at radius 3 is 2.51 bits per heavy atom. The summed E-state index contributed by atoms with van der Waals surface area (Å²) in [5, 5.41) is 6.33. The van der Waals surface area contributed by atoms with Crippen LogP contribution in [0.15, 0.2) is 54.6 Å². The maximum Gasteiger partial charge on any atom is 0.407 e. The molecule has 182 valence electrons. The number of ether oxygens (including phenoxy) is 2. The predicted molar refractivity (Wildman–Crippen MR) is 140 cm³/mol. The molecule has 0 aliphatic rings. The number of nitrogens with zero attached hydrogens (tertiary/aromatic N) is 1. The summed E-state index contributed by atoms with van der Waals surface area (Å²) in [5.74, 6) is -0.427. The van der Waals surface area contributed by atoms with Gasteiger partial charge in [0.15, 0.2) is 0 Å². The van der Waals surface area contributed by atoms with E-state index in [1.165, 1.54) is 0 Å². The highest BCUT2D eigenvalue weighted by Gasteiger charge is 2.24. The Hall–Kier alpha value is -3.51. The molecule has 35 heavy (non-hydrogen) atoms. The fourth-order valence-electron chi connectivity index (χ4n) is 4.26. The molecule has 1 aromatic heterocycles. The Balaban J connectivity index is 1.81. The van der Waals surface area contributed by atoms with Crippen molar-refractivity contribution in [3.05, 3.63) is 70.9 Å². The molecular weight excluding hydrogens is 464 g/mol. The molecule has 1 amide bonds. The lowest BCUT2D eigenvalue weighted by molar-refractivity contribution is 0.0502. The van der Waals surface area contributed by atoms with Crippen LogP contribution in [0.2, 0.25) is 5.02 Å². The number of carbonyl (C=O) groups is 2. The van der Waals surface area contributed by atoms with E-state index >= 15 is 0 Å². The molecular formula is C28H29ClN2O4. The molecule has 1 heterocycles. The number of aryl methyl sites for hydroxylation is 1. The maximum absolute atomic E-state index is 12.9. The Labute approximate surface area is 209 Å². The van der Waals surface area contributed by atoms with Gasteiger partial charge in [-0.15, -0.1) is 0 Å². The number of halogens is 1. The Kier molecular flexibility index (Phi) is 6.77. The molecule has 4 rings (SSSR count). The highest BCUT2D eigenvalue weighted by molar-refractivity contribution is 6.31. The van der Waals surface area contributed by atoms with Gasteiger partial charge in [0.05, 0.1) is 24.4 Å². The van der Waals surface area contributed by atoms with E-state index in [1.54, 1.807) is 27.7 Å². The van der Waals surface area contributed by atoms with Gasteiger partial charge >= 0.3 is 12.1 Å². The minimum Gasteiger partial charge on any atom is -0.462 e. The molecule has 6 nitrogen and oxygen atoms in total. The fraction of sp³-hybridized carbons (Fsp3) is 0.286. The Bertz CT molecular complexity index is 1430. The minimum atomic E-state index is -0.622. The first kappa shape index (κ1) is 24.6. The zero-order valence-corrected chi connectivity index (χ0v) is 21.3. The first-order chi connectivity index (χ1) is 16.6.